The largest absolute Gasteiger partial charge is 0.354 e. The Kier molecular flexibility index (Phi) is 6.82. The molecule has 3 unspecified atom stereocenters. The molecule has 3 atom stereocenters. The van der Waals surface area contributed by atoms with E-state index in [4.69, 9.17) is 0 Å². The Morgan fingerprint density at radius 1 is 1.55 bits per heavy atom. The molecule has 0 radical (unpaired) electrons. The van der Waals surface area contributed by atoms with Gasteiger partial charge >= 0.3 is 0 Å². The number of nitrogens with one attached hydrogen (secondary N) is 2. The number of hydrogen-bond donors (Lipinski definition) is 2. The van der Waals surface area contributed by atoms with Gasteiger partial charge in [0, 0.05) is 39.8 Å². The molecule has 0 aliphatic heterocycles. The quantitative estimate of drug-likeness (QED) is 0.636. The van der Waals surface area contributed by atoms with Gasteiger partial charge in [-0.3, -0.25) is 9.20 Å². The Bertz CT molecular complexity index is 529. The molecule has 0 saturated heterocycles. The van der Waals surface area contributed by atoms with Crippen molar-refractivity contribution in [3.05, 3.63) is 16.1 Å². The molecule has 1 fully saturated rings. The fourth-order valence-corrected chi connectivity index (χ4v) is 4.86. The molecule has 1 aromatic heterocycles. The summed E-state index contributed by atoms with van der Waals surface area (Å²) in [6.45, 7) is 4.77. The van der Waals surface area contributed by atoms with Crippen LogP contribution in [0, 0.1) is 6.92 Å². The van der Waals surface area contributed by atoms with Crippen molar-refractivity contribution in [2.75, 3.05) is 12.8 Å². The van der Waals surface area contributed by atoms with Gasteiger partial charge in [-0.15, -0.1) is 11.3 Å². The van der Waals surface area contributed by atoms with Crippen molar-refractivity contribution in [1.29, 1.82) is 0 Å². The smallest absolute Gasteiger partial charge is 0.191 e. The number of thiazole rings is 1. The molecule has 0 amide bonds. The zero-order valence-electron chi connectivity index (χ0n) is 13.6. The molecule has 1 aromatic rings. The van der Waals surface area contributed by atoms with Crippen LogP contribution in [0.2, 0.25) is 0 Å². The summed E-state index contributed by atoms with van der Waals surface area (Å²) in [5, 5.41) is 7.17. The fraction of sp³-hybridized carbons (Fsp3) is 0.733. The number of aromatic nitrogens is 1. The highest BCUT2D eigenvalue weighted by atomic mass is 32.2. The van der Waals surface area contributed by atoms with Crippen molar-refractivity contribution >= 4 is 28.1 Å². The molecule has 1 aliphatic carbocycles. The number of hydrogen-bond acceptors (Lipinski definition) is 4. The fourth-order valence-electron chi connectivity index (χ4n) is 2.80. The summed E-state index contributed by atoms with van der Waals surface area (Å²) in [6, 6.07) is 0.364. The molecule has 1 aliphatic rings. The van der Waals surface area contributed by atoms with Gasteiger partial charge in [0.1, 0.15) is 0 Å². The molecule has 2 rings (SSSR count). The van der Waals surface area contributed by atoms with Crippen molar-refractivity contribution in [3.63, 3.8) is 0 Å². The lowest BCUT2D eigenvalue weighted by atomic mass is 9.95. The summed E-state index contributed by atoms with van der Waals surface area (Å²) in [4.78, 5) is 9.80. The number of rotatable bonds is 5. The van der Waals surface area contributed by atoms with E-state index in [1.165, 1.54) is 4.88 Å². The maximum Gasteiger partial charge on any atom is 0.191 e. The minimum atomic E-state index is -0.689. The van der Waals surface area contributed by atoms with E-state index in [0.29, 0.717) is 11.3 Å². The molecule has 5 nitrogen and oxygen atoms in total. The van der Waals surface area contributed by atoms with Crippen molar-refractivity contribution in [3.8, 4) is 0 Å². The topological polar surface area (TPSA) is 66.4 Å². The van der Waals surface area contributed by atoms with Gasteiger partial charge < -0.3 is 10.6 Å². The van der Waals surface area contributed by atoms with Crippen molar-refractivity contribution < 1.29 is 4.21 Å². The minimum Gasteiger partial charge on any atom is -0.354 e. The van der Waals surface area contributed by atoms with Crippen LogP contribution in [0.1, 0.15) is 43.2 Å². The lowest BCUT2D eigenvalue weighted by molar-refractivity contribution is 0.413. The SMILES string of the molecule is CCS(=O)C1CCCC(NC(=NC)NCc2scnc2C)C1. The summed E-state index contributed by atoms with van der Waals surface area (Å²) in [7, 11) is 1.10. The maximum absolute atomic E-state index is 12.0. The van der Waals surface area contributed by atoms with Gasteiger partial charge in [0.15, 0.2) is 5.96 Å². The average molecular weight is 343 g/mol. The first-order valence-corrected chi connectivity index (χ1v) is 10.1. The number of aryl methyl sites for hydroxylation is 1. The van der Waals surface area contributed by atoms with E-state index in [2.05, 4.69) is 20.6 Å². The third-order valence-corrected chi connectivity index (χ3v) is 6.78. The summed E-state index contributed by atoms with van der Waals surface area (Å²) in [5.74, 6) is 1.58. The monoisotopic (exact) mass is 342 g/mol. The Morgan fingerprint density at radius 3 is 3.00 bits per heavy atom. The van der Waals surface area contributed by atoms with Crippen LogP contribution >= 0.6 is 11.3 Å². The molecule has 7 heteroatoms. The zero-order chi connectivity index (χ0) is 15.9. The van der Waals surface area contributed by atoms with E-state index in [1.807, 2.05) is 19.4 Å². The highest BCUT2D eigenvalue weighted by Crippen LogP contribution is 2.23. The van der Waals surface area contributed by atoms with E-state index >= 15 is 0 Å². The molecule has 22 heavy (non-hydrogen) atoms. The van der Waals surface area contributed by atoms with Crippen LogP contribution in [0.4, 0.5) is 0 Å². The summed E-state index contributed by atoms with van der Waals surface area (Å²) in [5.41, 5.74) is 2.94. The van der Waals surface area contributed by atoms with Gasteiger partial charge in [-0.05, 0) is 26.2 Å². The van der Waals surface area contributed by atoms with E-state index < -0.39 is 10.8 Å². The Morgan fingerprint density at radius 2 is 2.36 bits per heavy atom. The molecule has 0 bridgehead atoms. The van der Waals surface area contributed by atoms with Gasteiger partial charge in [0.25, 0.3) is 0 Å². The molecule has 1 saturated carbocycles. The summed E-state index contributed by atoms with van der Waals surface area (Å²) < 4.78 is 12.0. The van der Waals surface area contributed by atoms with Gasteiger partial charge in [-0.25, -0.2) is 4.98 Å². The van der Waals surface area contributed by atoms with Crippen LogP contribution in [0.25, 0.3) is 0 Å². The van der Waals surface area contributed by atoms with Gasteiger partial charge in [-0.2, -0.15) is 0 Å². The molecule has 0 aromatic carbocycles. The first-order valence-electron chi connectivity index (χ1n) is 7.87. The Labute approximate surface area is 139 Å². The van der Waals surface area contributed by atoms with Gasteiger partial charge in [-0.1, -0.05) is 13.3 Å². The molecular weight excluding hydrogens is 316 g/mol. The van der Waals surface area contributed by atoms with E-state index in [1.54, 1.807) is 18.4 Å². The second kappa shape index (κ2) is 8.62. The van der Waals surface area contributed by atoms with Crippen molar-refractivity contribution in [1.82, 2.24) is 15.6 Å². The highest BCUT2D eigenvalue weighted by molar-refractivity contribution is 7.85. The maximum atomic E-state index is 12.0. The van der Waals surface area contributed by atoms with E-state index in [9.17, 15) is 4.21 Å². The standard InChI is InChI=1S/C15H26N4OS2/c1-4-22(20)13-7-5-6-12(8-13)19-15(16-3)17-9-14-11(2)18-10-21-14/h10,12-13H,4-9H2,1-3H3,(H2,16,17,19). The van der Waals surface area contributed by atoms with Crippen LogP contribution in [0.15, 0.2) is 10.5 Å². The lowest BCUT2D eigenvalue weighted by Crippen LogP contribution is -2.46. The molecule has 1 heterocycles. The molecular formula is C15H26N4OS2. The number of nitrogens with zero attached hydrogens (tertiary/aromatic N) is 2. The lowest BCUT2D eigenvalue weighted by Gasteiger charge is -2.30. The zero-order valence-corrected chi connectivity index (χ0v) is 15.2. The second-order valence-corrected chi connectivity index (χ2v) is 8.53. The van der Waals surface area contributed by atoms with Crippen LogP contribution in [0.5, 0.6) is 0 Å². The third-order valence-electron chi connectivity index (χ3n) is 4.11. The van der Waals surface area contributed by atoms with Crippen LogP contribution in [-0.2, 0) is 17.3 Å². The second-order valence-electron chi connectivity index (χ2n) is 5.59. The number of guanidine groups is 1. The first-order chi connectivity index (χ1) is 10.6. The van der Waals surface area contributed by atoms with E-state index in [0.717, 1.165) is 49.6 Å². The Balaban J connectivity index is 1.85. The third kappa shape index (κ3) is 4.78. The number of aliphatic imine (C=N–C) groups is 1. The Hall–Kier alpha value is -0.950. The molecule has 124 valence electrons. The van der Waals surface area contributed by atoms with Crippen LogP contribution in [0.3, 0.4) is 0 Å². The highest BCUT2D eigenvalue weighted by Gasteiger charge is 2.26. The van der Waals surface area contributed by atoms with Crippen LogP contribution < -0.4 is 10.6 Å². The van der Waals surface area contributed by atoms with Crippen molar-refractivity contribution in [2.24, 2.45) is 4.99 Å². The van der Waals surface area contributed by atoms with Crippen molar-refractivity contribution in [2.45, 2.75) is 57.4 Å². The average Bonchev–Trinajstić information content (AvgIpc) is 2.96. The summed E-state index contributed by atoms with van der Waals surface area (Å²) in [6.07, 6.45) is 4.32. The van der Waals surface area contributed by atoms with E-state index in [-0.39, 0.29) is 0 Å². The normalized spacial score (nSPS) is 24.0. The minimum absolute atomic E-state index is 0.332. The first kappa shape index (κ1) is 17.4. The predicted octanol–water partition coefficient (Wildman–Crippen LogP) is 2.20. The predicted molar refractivity (Wildman–Crippen MR) is 94.9 cm³/mol. The van der Waals surface area contributed by atoms with Gasteiger partial charge in [0.2, 0.25) is 0 Å². The molecule has 2 N–H and O–H groups in total. The summed E-state index contributed by atoms with van der Waals surface area (Å²) >= 11 is 1.66. The van der Waals surface area contributed by atoms with Gasteiger partial charge in [0.05, 0.1) is 17.7 Å². The molecule has 0 spiro atoms. The van der Waals surface area contributed by atoms with Crippen LogP contribution in [-0.4, -0.2) is 39.2 Å².